The quantitative estimate of drug-likeness (QED) is 0.505. The van der Waals surface area contributed by atoms with Crippen LogP contribution in [0.2, 0.25) is 0 Å². The summed E-state index contributed by atoms with van der Waals surface area (Å²) < 4.78 is 43.4. The number of anilines is 1. The third-order valence-corrected chi connectivity index (χ3v) is 5.98. The molecule has 1 atom stereocenters. The Morgan fingerprint density at radius 2 is 1.97 bits per heavy atom. The third-order valence-electron chi connectivity index (χ3n) is 5.98. The first-order valence-corrected chi connectivity index (χ1v) is 10.6. The lowest BCUT2D eigenvalue weighted by atomic mass is 10.1. The van der Waals surface area contributed by atoms with Crippen molar-refractivity contribution >= 4 is 16.7 Å². The van der Waals surface area contributed by atoms with Gasteiger partial charge in [0.15, 0.2) is 0 Å². The van der Waals surface area contributed by atoms with Crippen molar-refractivity contribution in [1.29, 1.82) is 0 Å². The molecule has 0 spiro atoms. The highest BCUT2D eigenvalue weighted by molar-refractivity contribution is 5.99. The molecule has 12 heteroatoms. The summed E-state index contributed by atoms with van der Waals surface area (Å²) in [4.78, 5) is 9.15. The van der Waals surface area contributed by atoms with Crippen molar-refractivity contribution < 1.29 is 13.2 Å². The first-order chi connectivity index (χ1) is 15.7. The number of hydrogen-bond donors (Lipinski definition) is 1. The van der Waals surface area contributed by atoms with E-state index in [0.29, 0.717) is 40.3 Å². The maximum atomic E-state index is 13.5. The van der Waals surface area contributed by atoms with Crippen LogP contribution in [0, 0.1) is 0 Å². The Morgan fingerprint density at radius 3 is 2.61 bits per heavy atom. The number of hydrogen-bond acceptors (Lipinski definition) is 6. The molecule has 0 aliphatic carbocycles. The van der Waals surface area contributed by atoms with Crippen LogP contribution in [0.5, 0.6) is 0 Å². The molecule has 5 heterocycles. The standard InChI is InChI=1S/C21H24F3N9/c1-13-11-30(2)8-9-32(13)17-10-15(16-5-7-26-31(16)3)27-19-18(14-4-6-25-28-14)29-33(20(17)19)12-21(22,23)24/h4-7,10,13H,8-9,11-12H2,1-3H3,(H,25,28)/t13-/m1/s1. The van der Waals surface area contributed by atoms with E-state index in [9.17, 15) is 13.2 Å². The number of halogens is 3. The second kappa shape index (κ2) is 7.87. The third kappa shape index (κ3) is 3.94. The Bertz CT molecular complexity index is 1270. The minimum absolute atomic E-state index is 0.0959. The molecule has 9 nitrogen and oxygen atoms in total. The minimum Gasteiger partial charge on any atom is -0.364 e. The molecule has 1 saturated heterocycles. The highest BCUT2D eigenvalue weighted by atomic mass is 19.4. The molecular weight excluding hydrogens is 435 g/mol. The number of nitrogens with one attached hydrogen (secondary N) is 1. The predicted molar refractivity (Wildman–Crippen MR) is 118 cm³/mol. The van der Waals surface area contributed by atoms with Crippen molar-refractivity contribution in [1.82, 2.24) is 39.6 Å². The number of fused-ring (bicyclic) bond motifs is 1. The van der Waals surface area contributed by atoms with Gasteiger partial charge in [0, 0.05) is 45.1 Å². The van der Waals surface area contributed by atoms with Gasteiger partial charge in [-0.2, -0.15) is 28.5 Å². The first kappa shape index (κ1) is 21.4. The molecule has 0 bridgehead atoms. The van der Waals surface area contributed by atoms with Crippen LogP contribution in [-0.4, -0.2) is 78.5 Å². The van der Waals surface area contributed by atoms with Crippen LogP contribution in [0.15, 0.2) is 30.6 Å². The highest BCUT2D eigenvalue weighted by Crippen LogP contribution is 2.38. The summed E-state index contributed by atoms with van der Waals surface area (Å²) in [6.07, 6.45) is -1.23. The molecule has 1 aliphatic heterocycles. The zero-order valence-electron chi connectivity index (χ0n) is 18.5. The Kier molecular flexibility index (Phi) is 5.11. The second-order valence-corrected chi connectivity index (χ2v) is 8.46. The van der Waals surface area contributed by atoms with Crippen LogP contribution in [0.1, 0.15) is 6.92 Å². The maximum Gasteiger partial charge on any atom is 0.408 e. The van der Waals surface area contributed by atoms with Crippen LogP contribution in [0.4, 0.5) is 18.9 Å². The summed E-state index contributed by atoms with van der Waals surface area (Å²) in [5.41, 5.74) is 3.66. The summed E-state index contributed by atoms with van der Waals surface area (Å²) in [7, 11) is 3.85. The Hall–Kier alpha value is -3.41. The lowest BCUT2D eigenvalue weighted by molar-refractivity contribution is -0.141. The van der Waals surface area contributed by atoms with E-state index in [1.54, 1.807) is 23.1 Å². The largest absolute Gasteiger partial charge is 0.408 e. The lowest BCUT2D eigenvalue weighted by Gasteiger charge is -2.40. The molecule has 0 amide bonds. The number of likely N-dealkylation sites (N-methyl/N-ethyl adjacent to an activating group) is 1. The van der Waals surface area contributed by atoms with Gasteiger partial charge in [0.05, 0.1) is 22.8 Å². The summed E-state index contributed by atoms with van der Waals surface area (Å²) in [5.74, 6) is 0. The van der Waals surface area contributed by atoms with E-state index in [1.165, 1.54) is 0 Å². The number of rotatable bonds is 4. The number of piperazine rings is 1. The van der Waals surface area contributed by atoms with E-state index in [4.69, 9.17) is 4.98 Å². The van der Waals surface area contributed by atoms with Crippen molar-refractivity contribution in [3.63, 3.8) is 0 Å². The van der Waals surface area contributed by atoms with Gasteiger partial charge in [-0.05, 0) is 32.2 Å². The summed E-state index contributed by atoms with van der Waals surface area (Å²) >= 11 is 0. The number of aromatic amines is 1. The van der Waals surface area contributed by atoms with Gasteiger partial charge in [-0.1, -0.05) is 0 Å². The number of H-pyrrole nitrogens is 1. The molecule has 1 N–H and O–H groups in total. The minimum atomic E-state index is -4.43. The fourth-order valence-corrected chi connectivity index (χ4v) is 4.49. The van der Waals surface area contributed by atoms with Gasteiger partial charge in [-0.3, -0.25) is 14.5 Å². The van der Waals surface area contributed by atoms with E-state index in [1.807, 2.05) is 26.2 Å². The molecule has 174 valence electrons. The number of alkyl halides is 3. The molecule has 33 heavy (non-hydrogen) atoms. The van der Waals surface area contributed by atoms with Gasteiger partial charge >= 0.3 is 6.18 Å². The average molecular weight is 459 g/mol. The van der Waals surface area contributed by atoms with Gasteiger partial charge in [-0.25, -0.2) is 4.98 Å². The molecule has 0 radical (unpaired) electrons. The average Bonchev–Trinajstić information content (AvgIpc) is 3.47. The van der Waals surface area contributed by atoms with Crippen LogP contribution in [0.3, 0.4) is 0 Å². The Morgan fingerprint density at radius 1 is 1.15 bits per heavy atom. The zero-order chi connectivity index (χ0) is 23.3. The molecule has 1 aliphatic rings. The molecule has 0 saturated carbocycles. The fraction of sp³-hybridized carbons (Fsp3) is 0.429. The topological polar surface area (TPSA) is 83.7 Å². The van der Waals surface area contributed by atoms with Crippen LogP contribution in [0.25, 0.3) is 33.8 Å². The van der Waals surface area contributed by atoms with Crippen LogP contribution >= 0.6 is 0 Å². The van der Waals surface area contributed by atoms with Crippen molar-refractivity contribution in [2.24, 2.45) is 7.05 Å². The normalized spacial score (nSPS) is 17.9. The van der Waals surface area contributed by atoms with E-state index < -0.39 is 12.7 Å². The van der Waals surface area contributed by atoms with Gasteiger partial charge < -0.3 is 9.80 Å². The number of aryl methyl sites for hydroxylation is 1. The van der Waals surface area contributed by atoms with Crippen molar-refractivity contribution in [2.75, 3.05) is 31.6 Å². The van der Waals surface area contributed by atoms with Crippen molar-refractivity contribution in [3.8, 4) is 22.8 Å². The highest BCUT2D eigenvalue weighted by Gasteiger charge is 2.33. The summed E-state index contributed by atoms with van der Waals surface area (Å²) in [6.45, 7) is 3.14. The van der Waals surface area contributed by atoms with Gasteiger partial charge in [-0.15, -0.1) is 0 Å². The first-order valence-electron chi connectivity index (χ1n) is 10.6. The zero-order valence-corrected chi connectivity index (χ0v) is 18.5. The van der Waals surface area contributed by atoms with Crippen LogP contribution < -0.4 is 4.90 Å². The number of nitrogens with zero attached hydrogens (tertiary/aromatic N) is 8. The predicted octanol–water partition coefficient (Wildman–Crippen LogP) is 2.92. The van der Waals surface area contributed by atoms with Gasteiger partial charge in [0.2, 0.25) is 0 Å². The molecule has 0 unspecified atom stereocenters. The van der Waals surface area contributed by atoms with E-state index >= 15 is 0 Å². The van der Waals surface area contributed by atoms with E-state index in [-0.39, 0.29) is 6.04 Å². The Balaban J connectivity index is 1.81. The van der Waals surface area contributed by atoms with Gasteiger partial charge in [0.1, 0.15) is 23.3 Å². The van der Waals surface area contributed by atoms with Gasteiger partial charge in [0.25, 0.3) is 0 Å². The maximum absolute atomic E-state index is 13.5. The molecule has 1 fully saturated rings. The molecule has 4 aromatic heterocycles. The van der Waals surface area contributed by atoms with Crippen LogP contribution in [-0.2, 0) is 13.6 Å². The number of aromatic nitrogens is 7. The Labute approximate surface area is 187 Å². The second-order valence-electron chi connectivity index (χ2n) is 8.46. The fourth-order valence-electron chi connectivity index (χ4n) is 4.49. The molecule has 0 aromatic carbocycles. The van der Waals surface area contributed by atoms with E-state index in [2.05, 4.69) is 37.1 Å². The molecular formula is C21H24F3N9. The van der Waals surface area contributed by atoms with Crippen molar-refractivity contribution in [3.05, 3.63) is 30.6 Å². The SMILES string of the molecule is C[C@@H]1CN(C)CCN1c1cc(-c2ccnn2C)nc2c(-c3ccn[nH]3)nn(CC(F)(F)F)c12. The smallest absolute Gasteiger partial charge is 0.364 e. The summed E-state index contributed by atoms with van der Waals surface area (Å²) in [6, 6.07) is 5.46. The monoisotopic (exact) mass is 459 g/mol. The summed E-state index contributed by atoms with van der Waals surface area (Å²) in [5, 5.41) is 15.4. The molecule has 4 aromatic rings. The molecule has 5 rings (SSSR count). The van der Waals surface area contributed by atoms with Crippen molar-refractivity contribution in [2.45, 2.75) is 25.7 Å². The van der Waals surface area contributed by atoms with E-state index in [0.717, 1.165) is 23.5 Å². The number of pyridine rings is 1. The lowest BCUT2D eigenvalue weighted by Crippen LogP contribution is -2.50.